The standard InChI is InChI=1S/C25H31N5O2S/c1-24-9-10-25(2,30(24)4)15-18(14-24)29(3)23-28-27-22(33-23)19-7-6-16(12-20(19)31)17-8-11-26-21(13-17)32-5/h6-8,11-13,18,31H,9-10,14-15H2,1-5H3/t18-,24-,25+. The van der Waals surface area contributed by atoms with Crippen molar-refractivity contribution in [2.75, 3.05) is 26.1 Å². The summed E-state index contributed by atoms with van der Waals surface area (Å²) in [7, 11) is 6.00. The molecule has 2 aromatic heterocycles. The summed E-state index contributed by atoms with van der Waals surface area (Å²) in [4.78, 5) is 9.03. The first kappa shape index (κ1) is 22.1. The zero-order valence-electron chi connectivity index (χ0n) is 19.9. The molecule has 0 saturated carbocycles. The first-order valence-corrected chi connectivity index (χ1v) is 12.2. The number of phenols is 1. The van der Waals surface area contributed by atoms with E-state index in [-0.39, 0.29) is 16.8 Å². The lowest BCUT2D eigenvalue weighted by Gasteiger charge is -2.51. The summed E-state index contributed by atoms with van der Waals surface area (Å²) in [6.45, 7) is 4.78. The molecule has 5 rings (SSSR count). The highest BCUT2D eigenvalue weighted by Crippen LogP contribution is 2.51. The molecular formula is C25H31N5O2S. The molecule has 2 aliphatic rings. The zero-order chi connectivity index (χ0) is 23.4. The molecule has 2 fully saturated rings. The molecule has 4 heterocycles. The molecule has 0 aliphatic carbocycles. The van der Waals surface area contributed by atoms with Crippen molar-refractivity contribution >= 4 is 16.5 Å². The number of aromatic nitrogens is 3. The Morgan fingerprint density at radius 1 is 1.09 bits per heavy atom. The quantitative estimate of drug-likeness (QED) is 0.579. The average molecular weight is 466 g/mol. The molecule has 2 aliphatic heterocycles. The second kappa shape index (κ2) is 7.95. The highest BCUT2D eigenvalue weighted by molar-refractivity contribution is 7.18. The normalized spacial score (nSPS) is 27.0. The Bertz CT molecular complexity index is 1160. The zero-order valence-corrected chi connectivity index (χ0v) is 20.7. The van der Waals surface area contributed by atoms with Crippen molar-refractivity contribution in [1.29, 1.82) is 0 Å². The van der Waals surface area contributed by atoms with Gasteiger partial charge in [0.1, 0.15) is 5.75 Å². The van der Waals surface area contributed by atoms with Gasteiger partial charge < -0.3 is 14.7 Å². The van der Waals surface area contributed by atoms with E-state index >= 15 is 0 Å². The van der Waals surface area contributed by atoms with E-state index in [1.54, 1.807) is 19.4 Å². The number of rotatable bonds is 5. The first-order chi connectivity index (χ1) is 15.7. The second-order valence-corrected chi connectivity index (χ2v) is 10.9. The van der Waals surface area contributed by atoms with Gasteiger partial charge in [-0.25, -0.2) is 4.98 Å². The Morgan fingerprint density at radius 2 is 1.79 bits per heavy atom. The summed E-state index contributed by atoms with van der Waals surface area (Å²) in [5.41, 5.74) is 2.99. The number of methoxy groups -OCH3 is 1. The van der Waals surface area contributed by atoms with E-state index in [1.807, 2.05) is 24.3 Å². The number of hydrogen-bond acceptors (Lipinski definition) is 8. The fourth-order valence-electron chi connectivity index (χ4n) is 5.58. The van der Waals surface area contributed by atoms with Crippen molar-refractivity contribution in [2.24, 2.45) is 0 Å². The summed E-state index contributed by atoms with van der Waals surface area (Å²) in [5.74, 6) is 0.726. The molecule has 174 valence electrons. The molecule has 2 saturated heterocycles. The van der Waals surface area contributed by atoms with Gasteiger partial charge in [-0.05, 0) is 75.9 Å². The third-order valence-electron chi connectivity index (χ3n) is 7.94. The minimum atomic E-state index is 0.186. The molecule has 7 nitrogen and oxygen atoms in total. The first-order valence-electron chi connectivity index (χ1n) is 11.4. The molecular weight excluding hydrogens is 434 g/mol. The molecule has 8 heteroatoms. The number of fused-ring (bicyclic) bond motifs is 2. The van der Waals surface area contributed by atoms with Crippen LogP contribution in [-0.2, 0) is 0 Å². The van der Waals surface area contributed by atoms with Crippen LogP contribution in [-0.4, -0.2) is 63.5 Å². The van der Waals surface area contributed by atoms with Crippen molar-refractivity contribution < 1.29 is 9.84 Å². The van der Waals surface area contributed by atoms with Crippen LogP contribution in [0.15, 0.2) is 36.5 Å². The number of hydrogen-bond donors (Lipinski definition) is 1. The van der Waals surface area contributed by atoms with Gasteiger partial charge in [-0.2, -0.15) is 0 Å². The number of ether oxygens (including phenoxy) is 1. The lowest BCUT2D eigenvalue weighted by atomic mass is 9.82. The molecule has 0 radical (unpaired) electrons. The fraction of sp³-hybridized carbons (Fsp3) is 0.480. The summed E-state index contributed by atoms with van der Waals surface area (Å²) < 4.78 is 5.21. The minimum Gasteiger partial charge on any atom is -0.507 e. The van der Waals surface area contributed by atoms with E-state index in [2.05, 4.69) is 52.9 Å². The van der Waals surface area contributed by atoms with Crippen molar-refractivity contribution in [3.8, 4) is 33.3 Å². The maximum Gasteiger partial charge on any atom is 0.213 e. The van der Waals surface area contributed by atoms with Crippen LogP contribution in [0.4, 0.5) is 5.13 Å². The number of anilines is 1. The van der Waals surface area contributed by atoms with Gasteiger partial charge in [0, 0.05) is 36.4 Å². The van der Waals surface area contributed by atoms with Crippen LogP contribution in [0.3, 0.4) is 0 Å². The monoisotopic (exact) mass is 465 g/mol. The largest absolute Gasteiger partial charge is 0.507 e. The third kappa shape index (κ3) is 3.75. The van der Waals surface area contributed by atoms with E-state index in [0.29, 0.717) is 17.5 Å². The second-order valence-electron chi connectivity index (χ2n) is 9.93. The number of benzene rings is 1. The lowest BCUT2D eigenvalue weighted by molar-refractivity contribution is 0.0274. The molecule has 3 atom stereocenters. The predicted molar refractivity (Wildman–Crippen MR) is 132 cm³/mol. The van der Waals surface area contributed by atoms with Gasteiger partial charge >= 0.3 is 0 Å². The number of nitrogens with zero attached hydrogens (tertiary/aromatic N) is 5. The molecule has 0 spiro atoms. The minimum absolute atomic E-state index is 0.186. The van der Waals surface area contributed by atoms with E-state index < -0.39 is 0 Å². The fourth-order valence-corrected chi connectivity index (χ4v) is 6.49. The molecule has 0 amide bonds. The van der Waals surface area contributed by atoms with E-state index in [4.69, 9.17) is 4.74 Å². The van der Waals surface area contributed by atoms with Crippen LogP contribution in [0, 0.1) is 0 Å². The van der Waals surface area contributed by atoms with Gasteiger partial charge in [0.05, 0.1) is 12.7 Å². The van der Waals surface area contributed by atoms with E-state index in [1.165, 1.54) is 24.2 Å². The van der Waals surface area contributed by atoms with Gasteiger partial charge in [0.15, 0.2) is 5.01 Å². The smallest absolute Gasteiger partial charge is 0.213 e. The van der Waals surface area contributed by atoms with Crippen LogP contribution in [0.2, 0.25) is 0 Å². The van der Waals surface area contributed by atoms with Gasteiger partial charge in [0.2, 0.25) is 11.0 Å². The Morgan fingerprint density at radius 3 is 2.45 bits per heavy atom. The van der Waals surface area contributed by atoms with Crippen molar-refractivity contribution in [3.05, 3.63) is 36.5 Å². The van der Waals surface area contributed by atoms with Crippen LogP contribution in [0.25, 0.3) is 21.7 Å². The predicted octanol–water partition coefficient (Wildman–Crippen LogP) is 4.82. The summed E-state index contributed by atoms with van der Waals surface area (Å²) >= 11 is 1.53. The van der Waals surface area contributed by atoms with Crippen molar-refractivity contribution in [2.45, 2.75) is 56.7 Å². The number of phenolic OH excluding ortho intramolecular Hbond substituents is 1. The van der Waals surface area contributed by atoms with E-state index in [9.17, 15) is 5.11 Å². The Hall–Kier alpha value is -2.71. The number of aromatic hydroxyl groups is 1. The highest BCUT2D eigenvalue weighted by Gasteiger charge is 2.54. The van der Waals surface area contributed by atoms with Crippen LogP contribution in [0.5, 0.6) is 11.6 Å². The van der Waals surface area contributed by atoms with Crippen LogP contribution < -0.4 is 9.64 Å². The average Bonchev–Trinajstić information content (AvgIpc) is 3.34. The maximum absolute atomic E-state index is 10.8. The van der Waals surface area contributed by atoms with Crippen LogP contribution in [0.1, 0.15) is 39.5 Å². The number of pyridine rings is 1. The third-order valence-corrected chi connectivity index (χ3v) is 8.99. The molecule has 2 bridgehead atoms. The molecule has 1 aromatic carbocycles. The molecule has 0 unspecified atom stereocenters. The van der Waals surface area contributed by atoms with Gasteiger partial charge in [-0.1, -0.05) is 17.4 Å². The van der Waals surface area contributed by atoms with Gasteiger partial charge in [-0.15, -0.1) is 10.2 Å². The number of piperidine rings is 1. The van der Waals surface area contributed by atoms with Crippen molar-refractivity contribution in [1.82, 2.24) is 20.1 Å². The molecule has 1 N–H and O–H groups in total. The molecule has 33 heavy (non-hydrogen) atoms. The summed E-state index contributed by atoms with van der Waals surface area (Å²) in [6, 6.07) is 9.81. The summed E-state index contributed by atoms with van der Waals surface area (Å²) in [5, 5.41) is 21.3. The Labute approximate surface area is 199 Å². The highest BCUT2D eigenvalue weighted by atomic mass is 32.1. The van der Waals surface area contributed by atoms with Crippen LogP contribution >= 0.6 is 11.3 Å². The Kier molecular flexibility index (Phi) is 5.33. The topological polar surface area (TPSA) is 74.6 Å². The lowest BCUT2D eigenvalue weighted by Crippen LogP contribution is -2.59. The molecule has 3 aromatic rings. The SMILES string of the molecule is COc1cc(-c2ccc(-c3nnc(N(C)[C@H]4C[C@]5(C)CC[C@](C)(C4)N5C)s3)c(O)c2)ccn1. The maximum atomic E-state index is 10.8. The van der Waals surface area contributed by atoms with Gasteiger partial charge in [0.25, 0.3) is 0 Å². The van der Waals surface area contributed by atoms with E-state index in [0.717, 1.165) is 34.1 Å². The summed E-state index contributed by atoms with van der Waals surface area (Å²) in [6.07, 6.45) is 6.44. The van der Waals surface area contributed by atoms with Gasteiger partial charge in [-0.3, -0.25) is 4.90 Å². The Balaban J connectivity index is 1.37. The van der Waals surface area contributed by atoms with Crippen molar-refractivity contribution in [3.63, 3.8) is 0 Å².